The van der Waals surface area contributed by atoms with Gasteiger partial charge in [-0.05, 0) is 5.92 Å². The monoisotopic (exact) mass is 182 g/mol. The molecule has 0 bridgehead atoms. The van der Waals surface area contributed by atoms with E-state index < -0.39 is 0 Å². The minimum absolute atomic E-state index is 0.143. The molecule has 0 radical (unpaired) electrons. The van der Waals surface area contributed by atoms with E-state index in [1.54, 1.807) is 11.9 Å². The summed E-state index contributed by atoms with van der Waals surface area (Å²) in [5.74, 6) is 0.585. The summed E-state index contributed by atoms with van der Waals surface area (Å²) in [6.45, 7) is 4.69. The van der Waals surface area contributed by atoms with Gasteiger partial charge in [0.1, 0.15) is 0 Å². The Labute approximate surface area is 80.3 Å². The standard InChI is InChI=1S/C10H18N2O/c1-4-9(2)8-10(13)12(3)7-5-6-11/h9H,4-5,7-8H2,1-3H3. The Kier molecular flexibility index (Phi) is 5.96. The van der Waals surface area contributed by atoms with E-state index in [2.05, 4.69) is 13.8 Å². The van der Waals surface area contributed by atoms with Gasteiger partial charge in [0.25, 0.3) is 0 Å². The fourth-order valence-corrected chi connectivity index (χ4v) is 0.941. The number of nitriles is 1. The average molecular weight is 182 g/mol. The third kappa shape index (κ3) is 5.24. The average Bonchev–Trinajstić information content (AvgIpc) is 2.13. The lowest BCUT2D eigenvalue weighted by atomic mass is 10.0. The molecule has 0 aliphatic heterocycles. The first-order valence-electron chi connectivity index (χ1n) is 4.72. The molecule has 0 saturated carbocycles. The third-order valence-corrected chi connectivity index (χ3v) is 2.20. The quantitative estimate of drug-likeness (QED) is 0.650. The molecule has 0 heterocycles. The second-order valence-corrected chi connectivity index (χ2v) is 3.44. The molecule has 0 spiro atoms. The van der Waals surface area contributed by atoms with Crippen molar-refractivity contribution in [1.29, 1.82) is 5.26 Å². The van der Waals surface area contributed by atoms with E-state index in [1.165, 1.54) is 0 Å². The Bertz CT molecular complexity index is 196. The van der Waals surface area contributed by atoms with Gasteiger partial charge in [0.2, 0.25) is 5.91 Å². The van der Waals surface area contributed by atoms with Crippen LogP contribution in [-0.2, 0) is 4.79 Å². The van der Waals surface area contributed by atoms with Crippen molar-refractivity contribution >= 4 is 5.91 Å². The topological polar surface area (TPSA) is 44.1 Å². The molecule has 1 atom stereocenters. The van der Waals surface area contributed by atoms with E-state index in [0.29, 0.717) is 25.3 Å². The van der Waals surface area contributed by atoms with Crippen LogP contribution in [0.2, 0.25) is 0 Å². The van der Waals surface area contributed by atoms with Gasteiger partial charge in [0.05, 0.1) is 12.5 Å². The molecule has 0 fully saturated rings. The van der Waals surface area contributed by atoms with Gasteiger partial charge in [-0.25, -0.2) is 0 Å². The van der Waals surface area contributed by atoms with Crippen LogP contribution in [0.1, 0.15) is 33.1 Å². The summed E-state index contributed by atoms with van der Waals surface area (Å²) < 4.78 is 0. The Hall–Kier alpha value is -1.04. The number of carbonyl (C=O) groups excluding carboxylic acids is 1. The Morgan fingerprint density at radius 2 is 2.23 bits per heavy atom. The van der Waals surface area contributed by atoms with E-state index in [1.807, 2.05) is 6.07 Å². The number of nitrogens with zero attached hydrogens (tertiary/aromatic N) is 2. The van der Waals surface area contributed by atoms with E-state index in [-0.39, 0.29) is 5.91 Å². The first kappa shape index (κ1) is 12.0. The molecule has 0 aromatic carbocycles. The van der Waals surface area contributed by atoms with Crippen molar-refractivity contribution in [3.63, 3.8) is 0 Å². The number of carbonyl (C=O) groups is 1. The molecule has 0 aliphatic rings. The van der Waals surface area contributed by atoms with Gasteiger partial charge in [0.15, 0.2) is 0 Å². The van der Waals surface area contributed by atoms with Crippen LogP contribution in [0.5, 0.6) is 0 Å². The summed E-state index contributed by atoms with van der Waals surface area (Å²) in [6, 6.07) is 2.03. The molecule has 74 valence electrons. The lowest BCUT2D eigenvalue weighted by Gasteiger charge is -2.17. The Morgan fingerprint density at radius 3 is 2.69 bits per heavy atom. The minimum atomic E-state index is 0.143. The van der Waals surface area contributed by atoms with Crippen LogP contribution in [0.4, 0.5) is 0 Å². The SMILES string of the molecule is CCC(C)CC(=O)N(C)CCC#N. The van der Waals surface area contributed by atoms with Gasteiger partial charge < -0.3 is 4.90 Å². The molecule has 13 heavy (non-hydrogen) atoms. The molecule has 0 saturated heterocycles. The van der Waals surface area contributed by atoms with Crippen LogP contribution in [0.3, 0.4) is 0 Å². The molecule has 0 aromatic heterocycles. The number of hydrogen-bond acceptors (Lipinski definition) is 2. The van der Waals surface area contributed by atoms with Gasteiger partial charge in [0, 0.05) is 20.0 Å². The molecule has 0 aromatic rings. The van der Waals surface area contributed by atoms with Gasteiger partial charge in [-0.3, -0.25) is 4.79 Å². The highest BCUT2D eigenvalue weighted by Crippen LogP contribution is 2.08. The highest BCUT2D eigenvalue weighted by Gasteiger charge is 2.11. The second-order valence-electron chi connectivity index (χ2n) is 3.44. The maximum Gasteiger partial charge on any atom is 0.222 e. The van der Waals surface area contributed by atoms with Crippen molar-refractivity contribution in [1.82, 2.24) is 4.90 Å². The largest absolute Gasteiger partial charge is 0.345 e. The fourth-order valence-electron chi connectivity index (χ4n) is 0.941. The molecule has 3 nitrogen and oxygen atoms in total. The summed E-state index contributed by atoms with van der Waals surface area (Å²) in [7, 11) is 1.75. The van der Waals surface area contributed by atoms with Crippen LogP contribution >= 0.6 is 0 Å². The minimum Gasteiger partial charge on any atom is -0.345 e. The van der Waals surface area contributed by atoms with Crippen LogP contribution in [0, 0.1) is 17.2 Å². The number of amides is 1. The molecular formula is C10H18N2O. The molecule has 1 amide bonds. The van der Waals surface area contributed by atoms with Gasteiger partial charge >= 0.3 is 0 Å². The van der Waals surface area contributed by atoms with Crippen molar-refractivity contribution in [2.45, 2.75) is 33.1 Å². The Balaban J connectivity index is 3.76. The first-order valence-corrected chi connectivity index (χ1v) is 4.72. The highest BCUT2D eigenvalue weighted by molar-refractivity contribution is 5.76. The summed E-state index contributed by atoms with van der Waals surface area (Å²) in [4.78, 5) is 13.1. The molecule has 0 rings (SSSR count). The second kappa shape index (κ2) is 6.47. The Morgan fingerprint density at radius 1 is 1.62 bits per heavy atom. The lowest BCUT2D eigenvalue weighted by molar-refractivity contribution is -0.130. The van der Waals surface area contributed by atoms with Crippen LogP contribution in [0.25, 0.3) is 0 Å². The fraction of sp³-hybridized carbons (Fsp3) is 0.800. The lowest BCUT2D eigenvalue weighted by Crippen LogP contribution is -2.28. The summed E-state index contributed by atoms with van der Waals surface area (Å²) in [5.41, 5.74) is 0. The molecule has 0 N–H and O–H groups in total. The van der Waals surface area contributed by atoms with Crippen molar-refractivity contribution < 1.29 is 4.79 Å². The highest BCUT2D eigenvalue weighted by atomic mass is 16.2. The van der Waals surface area contributed by atoms with Crippen LogP contribution in [0.15, 0.2) is 0 Å². The molecular weight excluding hydrogens is 164 g/mol. The first-order chi connectivity index (χ1) is 6.11. The van der Waals surface area contributed by atoms with Crippen molar-refractivity contribution in [3.05, 3.63) is 0 Å². The maximum atomic E-state index is 11.4. The van der Waals surface area contributed by atoms with Gasteiger partial charge in [-0.2, -0.15) is 5.26 Å². The maximum absolute atomic E-state index is 11.4. The summed E-state index contributed by atoms with van der Waals surface area (Å²) in [6.07, 6.45) is 2.04. The predicted molar refractivity (Wildman–Crippen MR) is 51.9 cm³/mol. The number of hydrogen-bond donors (Lipinski definition) is 0. The van der Waals surface area contributed by atoms with Crippen molar-refractivity contribution in [2.24, 2.45) is 5.92 Å². The number of rotatable bonds is 5. The van der Waals surface area contributed by atoms with E-state index in [9.17, 15) is 4.79 Å². The molecule has 0 aliphatic carbocycles. The van der Waals surface area contributed by atoms with Crippen molar-refractivity contribution in [3.8, 4) is 6.07 Å². The van der Waals surface area contributed by atoms with Crippen LogP contribution in [-0.4, -0.2) is 24.4 Å². The van der Waals surface area contributed by atoms with E-state index in [4.69, 9.17) is 5.26 Å². The molecule has 3 heteroatoms. The van der Waals surface area contributed by atoms with Crippen LogP contribution < -0.4 is 0 Å². The van der Waals surface area contributed by atoms with Gasteiger partial charge in [-0.15, -0.1) is 0 Å². The summed E-state index contributed by atoms with van der Waals surface area (Å²) >= 11 is 0. The van der Waals surface area contributed by atoms with Gasteiger partial charge in [-0.1, -0.05) is 20.3 Å². The third-order valence-electron chi connectivity index (χ3n) is 2.20. The smallest absolute Gasteiger partial charge is 0.222 e. The van der Waals surface area contributed by atoms with E-state index >= 15 is 0 Å². The van der Waals surface area contributed by atoms with E-state index in [0.717, 1.165) is 6.42 Å². The van der Waals surface area contributed by atoms with Crippen molar-refractivity contribution in [2.75, 3.05) is 13.6 Å². The normalized spacial score (nSPS) is 11.8. The zero-order valence-corrected chi connectivity index (χ0v) is 8.71. The zero-order valence-electron chi connectivity index (χ0n) is 8.71. The summed E-state index contributed by atoms with van der Waals surface area (Å²) in [5, 5.41) is 8.34. The predicted octanol–water partition coefficient (Wildman–Crippen LogP) is 1.79. The molecule has 1 unspecified atom stereocenters. The zero-order chi connectivity index (χ0) is 10.3.